The summed E-state index contributed by atoms with van der Waals surface area (Å²) >= 11 is 0. The molecule has 0 radical (unpaired) electrons. The fourth-order valence-corrected chi connectivity index (χ4v) is 0.620. The SMILES string of the molecule is O=C1NC(=O)[NH+]([O-])C=C1[N+](=O)[O-]. The Morgan fingerprint density at radius 3 is 2.58 bits per heavy atom. The van der Waals surface area contributed by atoms with Crippen molar-refractivity contribution in [1.82, 2.24) is 5.32 Å². The lowest BCUT2D eigenvalue weighted by Gasteiger charge is -2.16. The Hall–Kier alpha value is -1.80. The normalized spacial score (nSPS) is 23.1. The molecule has 2 N–H and O–H groups in total. The van der Waals surface area contributed by atoms with Gasteiger partial charge < -0.3 is 5.21 Å². The van der Waals surface area contributed by atoms with Crippen molar-refractivity contribution in [2.45, 2.75) is 0 Å². The van der Waals surface area contributed by atoms with Crippen molar-refractivity contribution >= 4 is 11.9 Å². The first kappa shape index (κ1) is 8.30. The van der Waals surface area contributed by atoms with Gasteiger partial charge in [0, 0.05) is 0 Å². The molecule has 0 bridgehead atoms. The van der Waals surface area contributed by atoms with Crippen LogP contribution in [0.3, 0.4) is 0 Å². The number of urea groups is 1. The third-order valence-electron chi connectivity index (χ3n) is 1.15. The van der Waals surface area contributed by atoms with Crippen molar-refractivity contribution in [3.63, 3.8) is 0 Å². The van der Waals surface area contributed by atoms with Gasteiger partial charge in [-0.05, 0) is 0 Å². The minimum Gasteiger partial charge on any atom is -0.620 e. The standard InChI is InChI=1S/C4H3N3O5/c8-3-2(7(11)12)1-6(10)4(9)5-3/h1,6H,(H,5,8,9). The number of nitro groups is 1. The highest BCUT2D eigenvalue weighted by Gasteiger charge is 2.33. The van der Waals surface area contributed by atoms with Gasteiger partial charge in [0.05, 0.1) is 4.92 Å². The van der Waals surface area contributed by atoms with Crippen molar-refractivity contribution in [2.75, 3.05) is 0 Å². The molecule has 0 aromatic rings. The Kier molecular flexibility index (Phi) is 1.85. The van der Waals surface area contributed by atoms with E-state index in [9.17, 15) is 24.9 Å². The number of rotatable bonds is 1. The number of carbonyl (C=O) groups excluding carboxylic acids is 2. The minimum atomic E-state index is -1.16. The summed E-state index contributed by atoms with van der Waals surface area (Å²) in [5.41, 5.74) is -0.917. The fraction of sp³-hybridized carbons (Fsp3) is 0. The molecule has 8 nitrogen and oxygen atoms in total. The second-order valence-electron chi connectivity index (χ2n) is 1.93. The van der Waals surface area contributed by atoms with Gasteiger partial charge in [-0.25, -0.2) is 10.1 Å². The third-order valence-corrected chi connectivity index (χ3v) is 1.15. The van der Waals surface area contributed by atoms with E-state index in [1.165, 1.54) is 5.32 Å². The van der Waals surface area contributed by atoms with Gasteiger partial charge in [0.25, 0.3) is 0 Å². The zero-order valence-corrected chi connectivity index (χ0v) is 5.57. The van der Waals surface area contributed by atoms with Crippen LogP contribution in [0, 0.1) is 15.3 Å². The Labute approximate surface area is 65.2 Å². The topological polar surface area (TPSA) is 117 Å². The second kappa shape index (κ2) is 2.68. The number of nitrogens with one attached hydrogen (secondary N) is 2. The van der Waals surface area contributed by atoms with Crippen molar-refractivity contribution in [3.8, 4) is 0 Å². The van der Waals surface area contributed by atoms with Crippen LogP contribution in [-0.2, 0) is 4.79 Å². The molecule has 0 aromatic heterocycles. The molecule has 1 rings (SSSR count). The lowest BCUT2D eigenvalue weighted by molar-refractivity contribution is -0.703. The van der Waals surface area contributed by atoms with Crippen molar-refractivity contribution in [2.24, 2.45) is 0 Å². The van der Waals surface area contributed by atoms with Gasteiger partial charge >= 0.3 is 17.6 Å². The van der Waals surface area contributed by atoms with E-state index in [4.69, 9.17) is 0 Å². The highest BCUT2D eigenvalue weighted by molar-refractivity contribution is 6.01. The lowest BCUT2D eigenvalue weighted by atomic mass is 10.4. The van der Waals surface area contributed by atoms with E-state index >= 15 is 0 Å². The number of hydroxylamine groups is 2. The van der Waals surface area contributed by atoms with Crippen LogP contribution >= 0.6 is 0 Å². The maximum absolute atomic E-state index is 10.6. The van der Waals surface area contributed by atoms with E-state index in [-0.39, 0.29) is 0 Å². The van der Waals surface area contributed by atoms with Gasteiger partial charge in [0.2, 0.25) is 0 Å². The first-order valence-corrected chi connectivity index (χ1v) is 2.78. The molecular formula is C4H3N3O5. The van der Waals surface area contributed by atoms with Crippen LogP contribution in [0.25, 0.3) is 0 Å². The van der Waals surface area contributed by atoms with Gasteiger partial charge in [-0.15, -0.1) is 0 Å². The number of nitrogens with zero attached hydrogens (tertiary/aromatic N) is 1. The first-order chi connectivity index (χ1) is 5.52. The van der Waals surface area contributed by atoms with Gasteiger partial charge in [-0.2, -0.15) is 0 Å². The fourth-order valence-electron chi connectivity index (χ4n) is 0.620. The summed E-state index contributed by atoms with van der Waals surface area (Å²) in [5, 5.41) is 21.0. The van der Waals surface area contributed by atoms with Gasteiger partial charge in [0.15, 0.2) is 6.20 Å². The van der Waals surface area contributed by atoms with Crippen LogP contribution in [-0.4, -0.2) is 16.9 Å². The average molecular weight is 173 g/mol. The molecule has 1 aliphatic heterocycles. The van der Waals surface area contributed by atoms with Crippen molar-refractivity contribution < 1.29 is 19.6 Å². The molecule has 1 atom stereocenters. The van der Waals surface area contributed by atoms with E-state index < -0.39 is 27.6 Å². The van der Waals surface area contributed by atoms with E-state index in [1.807, 2.05) is 0 Å². The summed E-state index contributed by atoms with van der Waals surface area (Å²) in [5.74, 6) is -1.16. The summed E-state index contributed by atoms with van der Waals surface area (Å²) in [6.45, 7) is 0. The number of imide groups is 1. The largest absolute Gasteiger partial charge is 0.620 e. The molecule has 0 spiro atoms. The molecule has 0 fully saturated rings. The molecule has 1 heterocycles. The maximum atomic E-state index is 10.6. The second-order valence-corrected chi connectivity index (χ2v) is 1.93. The smallest absolute Gasteiger partial charge is 0.426 e. The lowest BCUT2D eigenvalue weighted by Crippen LogP contribution is -3.08. The van der Waals surface area contributed by atoms with E-state index in [1.54, 1.807) is 0 Å². The first-order valence-electron chi connectivity index (χ1n) is 2.78. The molecule has 0 saturated carbocycles. The Bertz CT molecular complexity index is 295. The van der Waals surface area contributed by atoms with Crippen molar-refractivity contribution in [3.05, 3.63) is 27.2 Å². The molecule has 64 valence electrons. The molecule has 8 heteroatoms. The van der Waals surface area contributed by atoms with Crippen LogP contribution in [0.1, 0.15) is 0 Å². The quantitative estimate of drug-likeness (QED) is 0.263. The van der Waals surface area contributed by atoms with Crippen LogP contribution in [0.15, 0.2) is 11.9 Å². The Balaban J connectivity index is 3.01. The molecule has 12 heavy (non-hydrogen) atoms. The molecule has 0 aromatic carbocycles. The molecule has 0 aliphatic carbocycles. The molecule has 3 amide bonds. The predicted molar refractivity (Wildman–Crippen MR) is 32.9 cm³/mol. The number of carbonyl (C=O) groups is 2. The summed E-state index contributed by atoms with van der Waals surface area (Å²) < 4.78 is 0. The predicted octanol–water partition coefficient (Wildman–Crippen LogP) is -2.26. The molecule has 0 saturated heterocycles. The van der Waals surface area contributed by atoms with E-state index in [0.29, 0.717) is 6.20 Å². The minimum absolute atomic E-state index is 0.404. The van der Waals surface area contributed by atoms with Gasteiger partial charge in [0.1, 0.15) is 0 Å². The summed E-state index contributed by atoms with van der Waals surface area (Å²) in [4.78, 5) is 30.0. The van der Waals surface area contributed by atoms with Crippen LogP contribution < -0.4 is 10.4 Å². The molecule has 1 aliphatic rings. The Morgan fingerprint density at radius 2 is 2.08 bits per heavy atom. The number of quaternary nitrogens is 1. The zero-order valence-electron chi connectivity index (χ0n) is 5.57. The highest BCUT2D eigenvalue weighted by atomic mass is 16.6. The van der Waals surface area contributed by atoms with E-state index in [0.717, 1.165) is 0 Å². The van der Waals surface area contributed by atoms with Crippen LogP contribution in [0.2, 0.25) is 0 Å². The summed E-state index contributed by atoms with van der Waals surface area (Å²) in [6, 6.07) is -1.15. The number of amides is 3. The third kappa shape index (κ3) is 1.28. The average Bonchev–Trinajstić information content (AvgIpc) is 1.96. The Morgan fingerprint density at radius 1 is 1.50 bits per heavy atom. The zero-order chi connectivity index (χ0) is 9.30. The molecular weight excluding hydrogens is 170 g/mol. The monoisotopic (exact) mass is 173 g/mol. The highest BCUT2D eigenvalue weighted by Crippen LogP contribution is 1.94. The number of hydrogen-bond donors (Lipinski definition) is 2. The van der Waals surface area contributed by atoms with E-state index in [2.05, 4.69) is 0 Å². The molecule has 1 unspecified atom stereocenters. The number of hydrogen-bond acceptors (Lipinski definition) is 5. The van der Waals surface area contributed by atoms with Crippen LogP contribution in [0.5, 0.6) is 0 Å². The summed E-state index contributed by atoms with van der Waals surface area (Å²) in [7, 11) is 0. The van der Waals surface area contributed by atoms with Crippen molar-refractivity contribution in [1.29, 1.82) is 0 Å². The van der Waals surface area contributed by atoms with Gasteiger partial charge in [-0.1, -0.05) is 0 Å². The maximum Gasteiger partial charge on any atom is 0.426 e. The summed E-state index contributed by atoms with van der Waals surface area (Å²) in [6.07, 6.45) is 0.404. The van der Waals surface area contributed by atoms with Gasteiger partial charge in [-0.3, -0.25) is 20.0 Å². The van der Waals surface area contributed by atoms with Crippen LogP contribution in [0.4, 0.5) is 4.79 Å².